The third kappa shape index (κ3) is 4.39. The van der Waals surface area contributed by atoms with Gasteiger partial charge in [0.15, 0.2) is 0 Å². The Bertz CT molecular complexity index is 760. The summed E-state index contributed by atoms with van der Waals surface area (Å²) >= 11 is 0. The average Bonchev–Trinajstić information content (AvgIpc) is 2.96. The van der Waals surface area contributed by atoms with Crippen LogP contribution in [0.1, 0.15) is 48.2 Å². The summed E-state index contributed by atoms with van der Waals surface area (Å²) in [5.74, 6) is -0.0125. The molecule has 6 nitrogen and oxygen atoms in total. The number of nitrogens with one attached hydrogen (secondary N) is 3. The monoisotopic (exact) mass is 342 g/mol. The molecule has 1 aromatic heterocycles. The van der Waals surface area contributed by atoms with Gasteiger partial charge in [-0.3, -0.25) is 9.59 Å². The topological polar surface area (TPSA) is 100 Å². The minimum absolute atomic E-state index is 0.0186. The molecule has 0 bridgehead atoms. The number of carbonyl (C=O) groups excluding carboxylic acids is 2. The number of carbonyl (C=O) groups is 2. The number of fused-ring (bicyclic) bond motifs is 1. The molecule has 6 heteroatoms. The molecule has 1 aromatic carbocycles. The van der Waals surface area contributed by atoms with Gasteiger partial charge in [-0.15, -0.1) is 0 Å². The second kappa shape index (κ2) is 7.70. The fraction of sp³-hybridized carbons (Fsp3) is 0.474. The van der Waals surface area contributed by atoms with E-state index in [0.29, 0.717) is 18.5 Å². The Morgan fingerprint density at radius 3 is 2.48 bits per heavy atom. The number of benzene rings is 1. The second-order valence-electron chi connectivity index (χ2n) is 6.88. The molecule has 0 spiro atoms. The van der Waals surface area contributed by atoms with E-state index in [2.05, 4.69) is 15.6 Å². The summed E-state index contributed by atoms with van der Waals surface area (Å²) in [5, 5.41) is 7.19. The van der Waals surface area contributed by atoms with E-state index in [4.69, 9.17) is 5.73 Å². The van der Waals surface area contributed by atoms with Crippen molar-refractivity contribution in [2.75, 3.05) is 6.54 Å². The highest BCUT2D eigenvalue weighted by Crippen LogP contribution is 2.20. The number of hydrogen-bond acceptors (Lipinski definition) is 3. The Morgan fingerprint density at radius 1 is 1.12 bits per heavy atom. The van der Waals surface area contributed by atoms with Gasteiger partial charge in [-0.1, -0.05) is 0 Å². The number of aromatic amines is 1. The molecule has 0 aliphatic heterocycles. The maximum absolute atomic E-state index is 12.5. The Kier molecular flexibility index (Phi) is 5.38. The molecule has 25 heavy (non-hydrogen) atoms. The van der Waals surface area contributed by atoms with E-state index < -0.39 is 0 Å². The van der Waals surface area contributed by atoms with Crippen molar-refractivity contribution >= 4 is 22.7 Å². The molecule has 2 amide bonds. The van der Waals surface area contributed by atoms with Gasteiger partial charge in [-0.05, 0) is 56.9 Å². The molecule has 1 aliphatic rings. The van der Waals surface area contributed by atoms with Crippen LogP contribution in [0.5, 0.6) is 0 Å². The van der Waals surface area contributed by atoms with Gasteiger partial charge < -0.3 is 21.4 Å². The van der Waals surface area contributed by atoms with E-state index in [1.165, 1.54) is 0 Å². The summed E-state index contributed by atoms with van der Waals surface area (Å²) in [4.78, 5) is 27.4. The van der Waals surface area contributed by atoms with Crippen LogP contribution in [0.25, 0.3) is 10.9 Å². The van der Waals surface area contributed by atoms with Crippen LogP contribution < -0.4 is 16.4 Å². The van der Waals surface area contributed by atoms with E-state index in [9.17, 15) is 9.59 Å². The zero-order valence-electron chi connectivity index (χ0n) is 14.6. The van der Waals surface area contributed by atoms with Crippen molar-refractivity contribution in [2.24, 2.45) is 5.73 Å². The van der Waals surface area contributed by atoms with Crippen LogP contribution in [-0.4, -0.2) is 35.4 Å². The van der Waals surface area contributed by atoms with Gasteiger partial charge in [-0.25, -0.2) is 0 Å². The van der Waals surface area contributed by atoms with Crippen LogP contribution in [0.2, 0.25) is 0 Å². The van der Waals surface area contributed by atoms with Crippen LogP contribution in [0.4, 0.5) is 0 Å². The minimum Gasteiger partial charge on any atom is -0.359 e. The van der Waals surface area contributed by atoms with Gasteiger partial charge >= 0.3 is 0 Å². The van der Waals surface area contributed by atoms with Gasteiger partial charge in [0.1, 0.15) is 0 Å². The second-order valence-corrected chi connectivity index (χ2v) is 6.88. The van der Waals surface area contributed by atoms with E-state index in [0.717, 1.165) is 42.3 Å². The molecule has 1 saturated carbocycles. The fourth-order valence-electron chi connectivity index (χ4n) is 3.50. The van der Waals surface area contributed by atoms with E-state index in [1.807, 2.05) is 31.2 Å². The van der Waals surface area contributed by atoms with Crippen molar-refractivity contribution in [3.8, 4) is 0 Å². The third-order valence-corrected chi connectivity index (χ3v) is 4.82. The molecule has 0 radical (unpaired) electrons. The summed E-state index contributed by atoms with van der Waals surface area (Å²) in [6.07, 6.45) is 3.90. The predicted octanol–water partition coefficient (Wildman–Crippen LogP) is 1.98. The van der Waals surface area contributed by atoms with Crippen LogP contribution in [0, 0.1) is 6.92 Å². The number of rotatable bonds is 5. The van der Waals surface area contributed by atoms with Crippen molar-refractivity contribution < 1.29 is 9.59 Å². The molecule has 1 heterocycles. The summed E-state index contributed by atoms with van der Waals surface area (Å²) in [5.41, 5.74) is 8.21. The van der Waals surface area contributed by atoms with Crippen molar-refractivity contribution in [2.45, 2.75) is 51.1 Å². The minimum atomic E-state index is -0.0311. The van der Waals surface area contributed by atoms with Crippen molar-refractivity contribution in [3.63, 3.8) is 0 Å². The number of nitrogens with two attached hydrogens (primary N) is 1. The lowest BCUT2D eigenvalue weighted by Crippen LogP contribution is -2.44. The van der Waals surface area contributed by atoms with Crippen LogP contribution in [0.3, 0.4) is 0 Å². The third-order valence-electron chi connectivity index (χ3n) is 4.82. The first-order chi connectivity index (χ1) is 12.0. The normalized spacial score (nSPS) is 20.4. The Balaban J connectivity index is 1.52. The number of aromatic nitrogens is 1. The zero-order chi connectivity index (χ0) is 17.8. The molecule has 2 aromatic rings. The van der Waals surface area contributed by atoms with Crippen molar-refractivity contribution in [3.05, 3.63) is 35.5 Å². The lowest BCUT2D eigenvalue weighted by Gasteiger charge is -2.29. The largest absolute Gasteiger partial charge is 0.359 e. The Hall–Kier alpha value is -2.34. The lowest BCUT2D eigenvalue weighted by atomic mass is 9.91. The first-order valence-electron chi connectivity index (χ1n) is 8.95. The molecule has 0 atom stereocenters. The highest BCUT2D eigenvalue weighted by molar-refractivity contribution is 5.98. The van der Waals surface area contributed by atoms with Crippen LogP contribution >= 0.6 is 0 Å². The first kappa shape index (κ1) is 17.5. The summed E-state index contributed by atoms with van der Waals surface area (Å²) in [6.45, 7) is 2.38. The average molecular weight is 342 g/mol. The molecule has 0 saturated heterocycles. The fourth-order valence-corrected chi connectivity index (χ4v) is 3.50. The Morgan fingerprint density at radius 2 is 1.80 bits per heavy atom. The molecule has 1 fully saturated rings. The molecule has 0 unspecified atom stereocenters. The molecule has 1 aliphatic carbocycles. The van der Waals surface area contributed by atoms with E-state index >= 15 is 0 Å². The summed E-state index contributed by atoms with van der Waals surface area (Å²) in [7, 11) is 0. The standard InChI is InChI=1S/C19H26N4O2/c1-12-10-14-11-13(2-7-17(14)21-12)19(25)23-16-5-3-15(4-6-16)22-18(24)8-9-20/h2,7,10-11,15-16,21H,3-6,8-9,20H2,1H3,(H,22,24)(H,23,25). The molecule has 5 N–H and O–H groups in total. The van der Waals surface area contributed by atoms with Gasteiger partial charge in [0, 0.05) is 47.2 Å². The number of hydrogen-bond donors (Lipinski definition) is 4. The molecule has 134 valence electrons. The smallest absolute Gasteiger partial charge is 0.251 e. The van der Waals surface area contributed by atoms with Crippen molar-refractivity contribution in [1.29, 1.82) is 0 Å². The van der Waals surface area contributed by atoms with E-state index in [-0.39, 0.29) is 23.9 Å². The highest BCUT2D eigenvalue weighted by Gasteiger charge is 2.23. The van der Waals surface area contributed by atoms with Crippen LogP contribution in [-0.2, 0) is 4.79 Å². The quantitative estimate of drug-likeness (QED) is 0.668. The number of aryl methyl sites for hydroxylation is 1. The summed E-state index contributed by atoms with van der Waals surface area (Å²) in [6, 6.07) is 8.13. The predicted molar refractivity (Wildman–Crippen MR) is 98.4 cm³/mol. The SMILES string of the molecule is Cc1cc2cc(C(=O)NC3CCC(NC(=O)CCN)CC3)ccc2[nH]1. The summed E-state index contributed by atoms with van der Waals surface area (Å²) < 4.78 is 0. The molecule has 3 rings (SSSR count). The van der Waals surface area contributed by atoms with Gasteiger partial charge in [0.25, 0.3) is 5.91 Å². The van der Waals surface area contributed by atoms with E-state index in [1.54, 1.807) is 0 Å². The van der Waals surface area contributed by atoms with Gasteiger partial charge in [-0.2, -0.15) is 0 Å². The van der Waals surface area contributed by atoms with Gasteiger partial charge in [0.05, 0.1) is 0 Å². The number of amides is 2. The maximum atomic E-state index is 12.5. The van der Waals surface area contributed by atoms with Crippen LogP contribution in [0.15, 0.2) is 24.3 Å². The van der Waals surface area contributed by atoms with Gasteiger partial charge in [0.2, 0.25) is 5.91 Å². The molecular weight excluding hydrogens is 316 g/mol. The Labute approximate surface area is 147 Å². The maximum Gasteiger partial charge on any atom is 0.251 e. The zero-order valence-corrected chi connectivity index (χ0v) is 14.6. The first-order valence-corrected chi connectivity index (χ1v) is 8.95. The van der Waals surface area contributed by atoms with Crippen molar-refractivity contribution in [1.82, 2.24) is 15.6 Å². The highest BCUT2D eigenvalue weighted by atomic mass is 16.2. The molecular formula is C19H26N4O2. The lowest BCUT2D eigenvalue weighted by molar-refractivity contribution is -0.121. The number of H-pyrrole nitrogens is 1.